The van der Waals surface area contributed by atoms with Crippen LogP contribution < -0.4 is 14.8 Å². The van der Waals surface area contributed by atoms with Crippen LogP contribution in [0.15, 0.2) is 115 Å². The molecule has 188 valence electrons. The van der Waals surface area contributed by atoms with Crippen LogP contribution in [-0.2, 0) is 13.2 Å². The molecule has 1 aliphatic heterocycles. The van der Waals surface area contributed by atoms with Crippen LogP contribution in [0.4, 0.5) is 5.00 Å². The maximum Gasteiger partial charge on any atom is 0.175 e. The fourth-order valence-electron chi connectivity index (χ4n) is 4.74. The fraction of sp³-hybridized carbons (Fsp3) is 0.121. The van der Waals surface area contributed by atoms with Crippen molar-refractivity contribution in [2.75, 3.05) is 11.9 Å². The molecule has 0 amide bonds. The molecule has 0 radical (unpaired) electrons. The molecule has 1 unspecified atom stereocenters. The zero-order valence-corrected chi connectivity index (χ0v) is 21.6. The summed E-state index contributed by atoms with van der Waals surface area (Å²) in [6.45, 7) is 1.49. The van der Waals surface area contributed by atoms with Gasteiger partial charge < -0.3 is 14.8 Å². The van der Waals surface area contributed by atoms with Gasteiger partial charge in [0.25, 0.3) is 0 Å². The Bertz CT molecular complexity index is 1470. The molecular formula is C33H27NO3S. The van der Waals surface area contributed by atoms with Crippen LogP contribution >= 0.6 is 11.3 Å². The van der Waals surface area contributed by atoms with Crippen LogP contribution in [-0.4, -0.2) is 12.3 Å². The first kappa shape index (κ1) is 24.0. The van der Waals surface area contributed by atoms with Crippen LogP contribution in [0.2, 0.25) is 0 Å². The molecule has 0 saturated carbocycles. The maximum atomic E-state index is 13.8. The van der Waals surface area contributed by atoms with E-state index in [9.17, 15) is 4.79 Å². The van der Waals surface area contributed by atoms with E-state index in [4.69, 9.17) is 9.47 Å². The Labute approximate surface area is 226 Å². The Balaban J connectivity index is 1.34. The lowest BCUT2D eigenvalue weighted by molar-refractivity contribution is 0.0961. The first-order valence-corrected chi connectivity index (χ1v) is 13.6. The van der Waals surface area contributed by atoms with Gasteiger partial charge in [0.05, 0.1) is 16.5 Å². The Morgan fingerprint density at radius 3 is 1.87 bits per heavy atom. The van der Waals surface area contributed by atoms with Gasteiger partial charge in [-0.2, -0.15) is 0 Å². The third-order valence-corrected chi connectivity index (χ3v) is 7.65. The zero-order chi connectivity index (χ0) is 25.7. The molecule has 38 heavy (non-hydrogen) atoms. The molecule has 2 heterocycles. The summed E-state index contributed by atoms with van der Waals surface area (Å²) in [5.74, 6) is 1.32. The molecule has 0 spiro atoms. The van der Waals surface area contributed by atoms with E-state index in [0.29, 0.717) is 31.3 Å². The average molecular weight is 518 g/mol. The summed E-state index contributed by atoms with van der Waals surface area (Å²) in [5.41, 5.74) is 5.74. The predicted molar refractivity (Wildman–Crippen MR) is 153 cm³/mol. The lowest BCUT2D eigenvalue weighted by Gasteiger charge is -2.24. The largest absolute Gasteiger partial charge is 0.489 e. The number of hydrogen-bond donors (Lipinski definition) is 1. The standard InChI is InChI=1S/C33H27NO3S/c35-32-29(25-14-8-3-9-15-25)19-34-33-31(32)30(22-38-33)26-16-27(36-20-23-10-4-1-5-11-23)18-28(17-26)37-21-24-12-6-2-7-13-24/h1-18,22,29,34H,19-21H2. The monoisotopic (exact) mass is 517 g/mol. The summed E-state index contributed by atoms with van der Waals surface area (Å²) in [4.78, 5) is 13.8. The van der Waals surface area contributed by atoms with Crippen molar-refractivity contribution in [1.82, 2.24) is 0 Å². The number of Topliss-reactive ketones (excluding diaryl/α,β-unsaturated/α-hetero) is 1. The third-order valence-electron chi connectivity index (χ3n) is 6.71. The molecule has 0 aliphatic carbocycles. The van der Waals surface area contributed by atoms with Crippen molar-refractivity contribution in [3.8, 4) is 22.6 Å². The Hall–Kier alpha value is -4.35. The predicted octanol–water partition coefficient (Wildman–Crippen LogP) is 7.97. The highest BCUT2D eigenvalue weighted by Gasteiger charge is 2.32. The van der Waals surface area contributed by atoms with Crippen LogP contribution in [0.25, 0.3) is 11.1 Å². The summed E-state index contributed by atoms with van der Waals surface area (Å²) < 4.78 is 12.4. The number of anilines is 1. The van der Waals surface area contributed by atoms with Gasteiger partial charge in [-0.3, -0.25) is 4.79 Å². The molecule has 4 aromatic carbocycles. The summed E-state index contributed by atoms with van der Waals surface area (Å²) in [7, 11) is 0. The van der Waals surface area contributed by atoms with E-state index < -0.39 is 0 Å². The molecule has 0 saturated heterocycles. The molecule has 4 nitrogen and oxygen atoms in total. The second-order valence-corrected chi connectivity index (χ2v) is 10.2. The van der Waals surface area contributed by atoms with Gasteiger partial charge in [0.2, 0.25) is 0 Å². The van der Waals surface area contributed by atoms with Gasteiger partial charge in [-0.05, 0) is 34.4 Å². The number of hydrogen-bond acceptors (Lipinski definition) is 5. The number of ether oxygens (including phenoxy) is 2. The Kier molecular flexibility index (Phi) is 6.92. The Morgan fingerprint density at radius 2 is 1.29 bits per heavy atom. The van der Waals surface area contributed by atoms with Crippen molar-refractivity contribution in [3.63, 3.8) is 0 Å². The number of carbonyl (C=O) groups excluding carboxylic acids is 1. The Morgan fingerprint density at radius 1 is 0.737 bits per heavy atom. The van der Waals surface area contributed by atoms with Gasteiger partial charge >= 0.3 is 0 Å². The van der Waals surface area contributed by atoms with Crippen molar-refractivity contribution in [3.05, 3.63) is 137 Å². The van der Waals surface area contributed by atoms with Gasteiger partial charge in [0.1, 0.15) is 24.7 Å². The van der Waals surface area contributed by atoms with E-state index in [1.165, 1.54) is 0 Å². The van der Waals surface area contributed by atoms with Gasteiger partial charge in [0, 0.05) is 23.6 Å². The first-order valence-electron chi connectivity index (χ1n) is 12.7. The first-order chi connectivity index (χ1) is 18.7. The van der Waals surface area contributed by atoms with Crippen molar-refractivity contribution in [2.45, 2.75) is 19.1 Å². The van der Waals surface area contributed by atoms with Crippen LogP contribution in [0, 0.1) is 0 Å². The molecule has 6 rings (SSSR count). The molecule has 1 aromatic heterocycles. The van der Waals surface area contributed by atoms with E-state index in [1.54, 1.807) is 11.3 Å². The van der Waals surface area contributed by atoms with Gasteiger partial charge in [0.15, 0.2) is 5.78 Å². The number of ketones is 1. The number of fused-ring (bicyclic) bond motifs is 1. The topological polar surface area (TPSA) is 47.6 Å². The maximum absolute atomic E-state index is 13.8. The minimum absolute atomic E-state index is 0.142. The number of thiophene rings is 1. The summed E-state index contributed by atoms with van der Waals surface area (Å²) >= 11 is 1.57. The van der Waals surface area contributed by atoms with Crippen molar-refractivity contribution in [2.24, 2.45) is 0 Å². The number of carbonyl (C=O) groups is 1. The minimum Gasteiger partial charge on any atom is -0.489 e. The number of rotatable bonds is 8. The quantitative estimate of drug-likeness (QED) is 0.227. The molecule has 1 aliphatic rings. The lowest BCUT2D eigenvalue weighted by Crippen LogP contribution is -2.27. The highest BCUT2D eigenvalue weighted by molar-refractivity contribution is 7.15. The lowest BCUT2D eigenvalue weighted by atomic mass is 9.86. The molecule has 1 atom stereocenters. The second-order valence-electron chi connectivity index (χ2n) is 9.30. The van der Waals surface area contributed by atoms with Crippen molar-refractivity contribution < 1.29 is 14.3 Å². The second kappa shape index (κ2) is 11.0. The van der Waals surface area contributed by atoms with Gasteiger partial charge in [-0.1, -0.05) is 91.0 Å². The van der Waals surface area contributed by atoms with E-state index >= 15 is 0 Å². The minimum atomic E-state index is -0.219. The normalized spacial score (nSPS) is 14.4. The van der Waals surface area contributed by atoms with E-state index in [0.717, 1.165) is 38.4 Å². The van der Waals surface area contributed by atoms with E-state index in [-0.39, 0.29) is 11.7 Å². The van der Waals surface area contributed by atoms with Crippen molar-refractivity contribution >= 4 is 22.1 Å². The average Bonchev–Trinajstić information content (AvgIpc) is 3.42. The summed E-state index contributed by atoms with van der Waals surface area (Å²) in [6, 6.07) is 36.1. The van der Waals surface area contributed by atoms with Crippen LogP contribution in [0.3, 0.4) is 0 Å². The summed E-state index contributed by atoms with van der Waals surface area (Å²) in [6.07, 6.45) is 0. The van der Waals surface area contributed by atoms with Gasteiger partial charge in [-0.25, -0.2) is 0 Å². The fourth-order valence-corrected chi connectivity index (χ4v) is 5.72. The molecule has 5 aromatic rings. The smallest absolute Gasteiger partial charge is 0.175 e. The number of benzene rings is 4. The number of nitrogens with one attached hydrogen (secondary N) is 1. The molecule has 0 bridgehead atoms. The molecule has 0 fully saturated rings. The van der Waals surface area contributed by atoms with E-state index in [1.807, 2.05) is 109 Å². The molecule has 5 heteroatoms. The molecule has 1 N–H and O–H groups in total. The van der Waals surface area contributed by atoms with Crippen LogP contribution in [0.1, 0.15) is 33.0 Å². The highest BCUT2D eigenvalue weighted by atomic mass is 32.1. The van der Waals surface area contributed by atoms with E-state index in [2.05, 4.69) is 10.7 Å². The van der Waals surface area contributed by atoms with Crippen molar-refractivity contribution in [1.29, 1.82) is 0 Å². The highest BCUT2D eigenvalue weighted by Crippen LogP contribution is 2.43. The van der Waals surface area contributed by atoms with Crippen LogP contribution in [0.5, 0.6) is 11.5 Å². The molecular weight excluding hydrogens is 490 g/mol. The third kappa shape index (κ3) is 5.20. The summed E-state index contributed by atoms with van der Waals surface area (Å²) in [5, 5.41) is 6.46. The SMILES string of the molecule is O=C1c2c(-c3cc(OCc4ccccc4)cc(OCc4ccccc4)c3)csc2NCC1c1ccccc1. The van der Waals surface area contributed by atoms with Gasteiger partial charge in [-0.15, -0.1) is 11.3 Å². The zero-order valence-electron chi connectivity index (χ0n) is 20.8.